The fourth-order valence-electron chi connectivity index (χ4n) is 2.00. The molecule has 0 aliphatic rings. The molecule has 0 saturated heterocycles. The molecule has 0 saturated carbocycles. The fourth-order valence-corrected chi connectivity index (χ4v) is 2.00. The SMILES string of the molecule is C=C(C)CCc1ccc(CC)c(C)c1OC. The molecule has 0 unspecified atom stereocenters. The van der Waals surface area contributed by atoms with Gasteiger partial charge in [0.25, 0.3) is 0 Å². The van der Waals surface area contributed by atoms with Gasteiger partial charge < -0.3 is 4.74 Å². The average molecular weight is 218 g/mol. The topological polar surface area (TPSA) is 9.23 Å². The maximum Gasteiger partial charge on any atom is 0.125 e. The molecular formula is C15H22O. The maximum absolute atomic E-state index is 5.52. The van der Waals surface area contributed by atoms with Gasteiger partial charge in [-0.2, -0.15) is 0 Å². The Balaban J connectivity index is 3.01. The van der Waals surface area contributed by atoms with Crippen molar-refractivity contribution in [2.24, 2.45) is 0 Å². The minimum absolute atomic E-state index is 1.02. The minimum atomic E-state index is 1.02. The van der Waals surface area contributed by atoms with Crippen molar-refractivity contribution in [1.29, 1.82) is 0 Å². The van der Waals surface area contributed by atoms with Gasteiger partial charge in [0.2, 0.25) is 0 Å². The van der Waals surface area contributed by atoms with Gasteiger partial charge in [-0.05, 0) is 49.8 Å². The number of allylic oxidation sites excluding steroid dienone is 1. The summed E-state index contributed by atoms with van der Waals surface area (Å²) in [6.45, 7) is 10.3. The molecule has 0 aromatic heterocycles. The molecule has 0 atom stereocenters. The Morgan fingerprint density at radius 1 is 1.31 bits per heavy atom. The van der Waals surface area contributed by atoms with Gasteiger partial charge in [-0.15, -0.1) is 6.58 Å². The van der Waals surface area contributed by atoms with E-state index in [1.54, 1.807) is 7.11 Å². The van der Waals surface area contributed by atoms with Crippen molar-refractivity contribution in [3.05, 3.63) is 41.0 Å². The third kappa shape index (κ3) is 2.88. The van der Waals surface area contributed by atoms with Crippen molar-refractivity contribution < 1.29 is 4.74 Å². The van der Waals surface area contributed by atoms with Crippen LogP contribution >= 0.6 is 0 Å². The van der Waals surface area contributed by atoms with Crippen LogP contribution in [-0.4, -0.2) is 7.11 Å². The first-order valence-corrected chi connectivity index (χ1v) is 5.89. The number of aryl methyl sites for hydroxylation is 2. The normalized spacial score (nSPS) is 10.2. The number of ether oxygens (including phenoxy) is 1. The zero-order valence-electron chi connectivity index (χ0n) is 10.9. The monoisotopic (exact) mass is 218 g/mol. The Morgan fingerprint density at radius 3 is 2.44 bits per heavy atom. The standard InChI is InChI=1S/C15H22O/c1-6-13-9-10-14(8-7-11(2)3)15(16-5)12(13)4/h9-10H,2,6-8H2,1,3-5H3. The molecule has 1 nitrogen and oxygen atoms in total. The molecule has 0 radical (unpaired) electrons. The Labute approximate surface area is 99.1 Å². The van der Waals surface area contributed by atoms with Crippen LogP contribution in [0.1, 0.15) is 37.0 Å². The van der Waals surface area contributed by atoms with Crippen LogP contribution < -0.4 is 4.74 Å². The van der Waals surface area contributed by atoms with Crippen LogP contribution in [0.3, 0.4) is 0 Å². The van der Waals surface area contributed by atoms with Crippen LogP contribution in [-0.2, 0) is 12.8 Å². The lowest BCUT2D eigenvalue weighted by atomic mass is 9.98. The molecule has 0 aliphatic heterocycles. The molecule has 1 heteroatoms. The predicted molar refractivity (Wildman–Crippen MR) is 70.2 cm³/mol. The largest absolute Gasteiger partial charge is 0.496 e. The van der Waals surface area contributed by atoms with E-state index in [4.69, 9.17) is 4.74 Å². The highest BCUT2D eigenvalue weighted by molar-refractivity contribution is 5.46. The lowest BCUT2D eigenvalue weighted by Crippen LogP contribution is -1.98. The van der Waals surface area contributed by atoms with Gasteiger partial charge >= 0.3 is 0 Å². The van der Waals surface area contributed by atoms with Crippen LogP contribution in [0.2, 0.25) is 0 Å². The van der Waals surface area contributed by atoms with E-state index in [-0.39, 0.29) is 0 Å². The van der Waals surface area contributed by atoms with Crippen LogP contribution in [0.5, 0.6) is 5.75 Å². The number of hydrogen-bond donors (Lipinski definition) is 0. The maximum atomic E-state index is 5.52. The van der Waals surface area contributed by atoms with Crippen LogP contribution in [0.25, 0.3) is 0 Å². The van der Waals surface area contributed by atoms with Gasteiger partial charge in [0.1, 0.15) is 5.75 Å². The third-order valence-corrected chi connectivity index (χ3v) is 3.01. The average Bonchev–Trinajstić information content (AvgIpc) is 2.26. The first-order chi connectivity index (χ1) is 7.60. The van der Waals surface area contributed by atoms with Gasteiger partial charge in [0.05, 0.1) is 7.11 Å². The highest BCUT2D eigenvalue weighted by atomic mass is 16.5. The minimum Gasteiger partial charge on any atom is -0.496 e. The first kappa shape index (κ1) is 12.8. The van der Waals surface area contributed by atoms with E-state index in [2.05, 4.69) is 39.5 Å². The highest BCUT2D eigenvalue weighted by Gasteiger charge is 2.09. The van der Waals surface area contributed by atoms with Gasteiger partial charge in [0.15, 0.2) is 0 Å². The number of hydrogen-bond acceptors (Lipinski definition) is 1. The summed E-state index contributed by atoms with van der Waals surface area (Å²) in [7, 11) is 1.76. The van der Waals surface area contributed by atoms with Crippen molar-refractivity contribution in [3.63, 3.8) is 0 Å². The molecule has 0 aliphatic carbocycles. The Hall–Kier alpha value is -1.24. The second-order valence-electron chi connectivity index (χ2n) is 4.35. The van der Waals surface area contributed by atoms with Gasteiger partial charge in [-0.1, -0.05) is 24.6 Å². The smallest absolute Gasteiger partial charge is 0.125 e. The van der Waals surface area contributed by atoms with E-state index in [9.17, 15) is 0 Å². The third-order valence-electron chi connectivity index (χ3n) is 3.01. The Bertz CT molecular complexity index is 377. The summed E-state index contributed by atoms with van der Waals surface area (Å²) >= 11 is 0. The van der Waals surface area contributed by atoms with Crippen LogP contribution in [0.15, 0.2) is 24.3 Å². The molecule has 0 spiro atoms. The van der Waals surface area contributed by atoms with E-state index in [0.29, 0.717) is 0 Å². The highest BCUT2D eigenvalue weighted by Crippen LogP contribution is 2.28. The van der Waals surface area contributed by atoms with Crippen molar-refractivity contribution in [2.45, 2.75) is 40.0 Å². The van der Waals surface area contributed by atoms with E-state index in [1.807, 2.05) is 0 Å². The molecule has 1 rings (SSSR count). The summed E-state index contributed by atoms with van der Waals surface area (Å²) in [5.74, 6) is 1.06. The molecule has 0 heterocycles. The summed E-state index contributed by atoms with van der Waals surface area (Å²) in [6, 6.07) is 4.40. The van der Waals surface area contributed by atoms with Crippen LogP contribution in [0, 0.1) is 6.92 Å². The molecule has 16 heavy (non-hydrogen) atoms. The van der Waals surface area contributed by atoms with Crippen molar-refractivity contribution in [1.82, 2.24) is 0 Å². The number of methoxy groups -OCH3 is 1. The molecule has 0 fully saturated rings. The lowest BCUT2D eigenvalue weighted by molar-refractivity contribution is 0.406. The fraction of sp³-hybridized carbons (Fsp3) is 0.467. The van der Waals surface area contributed by atoms with Crippen LogP contribution in [0.4, 0.5) is 0 Å². The Morgan fingerprint density at radius 2 is 1.94 bits per heavy atom. The second-order valence-corrected chi connectivity index (χ2v) is 4.35. The molecule has 1 aromatic rings. The van der Waals surface area contributed by atoms with Gasteiger partial charge in [-0.3, -0.25) is 0 Å². The summed E-state index contributed by atoms with van der Waals surface area (Å²) in [4.78, 5) is 0. The number of rotatable bonds is 5. The summed E-state index contributed by atoms with van der Waals surface area (Å²) < 4.78 is 5.52. The second kappa shape index (κ2) is 5.74. The van der Waals surface area contributed by atoms with E-state index >= 15 is 0 Å². The summed E-state index contributed by atoms with van der Waals surface area (Å²) in [5.41, 5.74) is 5.17. The number of benzene rings is 1. The van der Waals surface area contributed by atoms with Gasteiger partial charge in [0, 0.05) is 0 Å². The van der Waals surface area contributed by atoms with E-state index < -0.39 is 0 Å². The quantitative estimate of drug-likeness (QED) is 0.677. The molecule has 0 N–H and O–H groups in total. The van der Waals surface area contributed by atoms with E-state index in [1.165, 1.54) is 22.3 Å². The van der Waals surface area contributed by atoms with Gasteiger partial charge in [-0.25, -0.2) is 0 Å². The lowest BCUT2D eigenvalue weighted by Gasteiger charge is -2.14. The van der Waals surface area contributed by atoms with Crippen molar-refractivity contribution >= 4 is 0 Å². The predicted octanol–water partition coefficient (Wildman–Crippen LogP) is 4.07. The summed E-state index contributed by atoms with van der Waals surface area (Å²) in [5, 5.41) is 0. The zero-order chi connectivity index (χ0) is 12.1. The molecule has 88 valence electrons. The molecule has 0 bridgehead atoms. The molecular weight excluding hydrogens is 196 g/mol. The van der Waals surface area contributed by atoms with Crippen molar-refractivity contribution in [2.75, 3.05) is 7.11 Å². The zero-order valence-corrected chi connectivity index (χ0v) is 10.9. The van der Waals surface area contributed by atoms with E-state index in [0.717, 1.165) is 25.0 Å². The summed E-state index contributed by atoms with van der Waals surface area (Å²) in [6.07, 6.45) is 3.10. The molecule has 0 amide bonds. The first-order valence-electron chi connectivity index (χ1n) is 5.89. The van der Waals surface area contributed by atoms with Crippen molar-refractivity contribution in [3.8, 4) is 5.75 Å². The Kier molecular flexibility index (Phi) is 4.60. The molecule has 1 aromatic carbocycles.